The van der Waals surface area contributed by atoms with Gasteiger partial charge in [0.05, 0.1) is 6.04 Å². The average Bonchev–Trinajstić information content (AvgIpc) is 2.43. The van der Waals surface area contributed by atoms with Crippen LogP contribution in [-0.2, 0) is 11.2 Å². The number of hydrogen-bond donors (Lipinski definition) is 5. The van der Waals surface area contributed by atoms with E-state index in [0.29, 0.717) is 36.7 Å². The molecule has 1 aromatic heterocycles. The molecule has 22 heavy (non-hydrogen) atoms. The molecule has 1 aromatic rings. The molecule has 1 heterocycles. The molecule has 0 aromatic carbocycles. The van der Waals surface area contributed by atoms with Crippen LogP contribution < -0.4 is 28.3 Å². The van der Waals surface area contributed by atoms with E-state index in [-0.39, 0.29) is 17.8 Å². The predicted molar refractivity (Wildman–Crippen MR) is 89.0 cm³/mol. The summed E-state index contributed by atoms with van der Waals surface area (Å²) >= 11 is 0. The summed E-state index contributed by atoms with van der Waals surface area (Å²) in [5, 5.41) is 3.26. The number of unbranched alkanes of at least 4 members (excludes halogenated alkanes) is 1. The highest BCUT2D eigenvalue weighted by Crippen LogP contribution is 2.18. The second-order valence-electron chi connectivity index (χ2n) is 5.34. The highest BCUT2D eigenvalue weighted by atomic mass is 16.1. The lowest BCUT2D eigenvalue weighted by molar-refractivity contribution is -0.119. The van der Waals surface area contributed by atoms with Crippen LogP contribution in [0.2, 0.25) is 0 Å². The van der Waals surface area contributed by atoms with E-state index >= 15 is 0 Å². The Kier molecular flexibility index (Phi) is 7.55. The van der Waals surface area contributed by atoms with Gasteiger partial charge in [0, 0.05) is 5.56 Å². The maximum Gasteiger partial charge on any atom is 0.223 e. The molecule has 8 heteroatoms. The molecule has 0 amide bonds. The molecule has 0 radical (unpaired) electrons. The van der Waals surface area contributed by atoms with E-state index in [4.69, 9.17) is 22.9 Å². The van der Waals surface area contributed by atoms with Gasteiger partial charge in [-0.15, -0.1) is 0 Å². The van der Waals surface area contributed by atoms with Gasteiger partial charge in [-0.1, -0.05) is 6.42 Å². The second-order valence-corrected chi connectivity index (χ2v) is 5.34. The smallest absolute Gasteiger partial charge is 0.223 e. The lowest BCUT2D eigenvalue weighted by Crippen LogP contribution is -2.36. The molecule has 0 bridgehead atoms. The zero-order valence-corrected chi connectivity index (χ0v) is 13.1. The zero-order chi connectivity index (χ0) is 16.5. The van der Waals surface area contributed by atoms with Gasteiger partial charge in [0.1, 0.15) is 17.4 Å². The van der Waals surface area contributed by atoms with Gasteiger partial charge in [0.15, 0.2) is 0 Å². The summed E-state index contributed by atoms with van der Waals surface area (Å²) in [5.41, 5.74) is 23.2. The van der Waals surface area contributed by atoms with E-state index < -0.39 is 0 Å². The van der Waals surface area contributed by atoms with Crippen LogP contribution in [0.15, 0.2) is 0 Å². The minimum absolute atomic E-state index is 0.0772. The Hall–Kier alpha value is -1.93. The number of nitrogen functional groups attached to an aromatic ring is 3. The molecule has 0 fully saturated rings. The summed E-state index contributed by atoms with van der Waals surface area (Å²) in [4.78, 5) is 19.4. The van der Waals surface area contributed by atoms with Crippen molar-refractivity contribution >= 4 is 23.4 Å². The third-order valence-corrected chi connectivity index (χ3v) is 3.52. The molecule has 1 atom stereocenters. The molecular formula is C14H27N7O. The first kappa shape index (κ1) is 18.1. The molecule has 9 N–H and O–H groups in total. The van der Waals surface area contributed by atoms with Crippen LogP contribution in [0.5, 0.6) is 0 Å². The second kappa shape index (κ2) is 9.16. The predicted octanol–water partition coefficient (Wildman–Crippen LogP) is -0.168. The number of aromatic nitrogens is 2. The first-order valence-electron chi connectivity index (χ1n) is 7.57. The van der Waals surface area contributed by atoms with Gasteiger partial charge in [-0.25, -0.2) is 0 Å². The van der Waals surface area contributed by atoms with Crippen LogP contribution in [0, 0.1) is 0 Å². The van der Waals surface area contributed by atoms with E-state index in [2.05, 4.69) is 15.3 Å². The minimum Gasteiger partial charge on any atom is -0.383 e. The highest BCUT2D eigenvalue weighted by molar-refractivity contribution is 5.81. The van der Waals surface area contributed by atoms with Gasteiger partial charge in [-0.2, -0.15) is 9.97 Å². The molecule has 0 aliphatic heterocycles. The Bertz CT molecular complexity index is 469. The number of ketones is 1. The molecule has 0 aliphatic carbocycles. The summed E-state index contributed by atoms with van der Waals surface area (Å²) in [6.45, 7) is 2.94. The fourth-order valence-corrected chi connectivity index (χ4v) is 2.28. The third-order valence-electron chi connectivity index (χ3n) is 3.52. The Morgan fingerprint density at radius 2 is 1.77 bits per heavy atom. The summed E-state index contributed by atoms with van der Waals surface area (Å²) in [5.74, 6) is 0.854. The van der Waals surface area contributed by atoms with Gasteiger partial charge in [-0.3, -0.25) is 4.79 Å². The van der Waals surface area contributed by atoms with Crippen molar-refractivity contribution < 1.29 is 4.79 Å². The molecular weight excluding hydrogens is 282 g/mol. The van der Waals surface area contributed by atoms with Crippen LogP contribution in [-0.4, -0.2) is 34.9 Å². The van der Waals surface area contributed by atoms with Gasteiger partial charge in [0.2, 0.25) is 5.95 Å². The lowest BCUT2D eigenvalue weighted by atomic mass is 10.1. The lowest BCUT2D eigenvalue weighted by Gasteiger charge is -2.16. The van der Waals surface area contributed by atoms with Crippen molar-refractivity contribution in [2.24, 2.45) is 5.73 Å². The van der Waals surface area contributed by atoms with E-state index in [0.717, 1.165) is 25.7 Å². The summed E-state index contributed by atoms with van der Waals surface area (Å²) in [7, 11) is 0. The van der Waals surface area contributed by atoms with Crippen LogP contribution >= 0.6 is 0 Å². The molecule has 0 aliphatic rings. The number of nitrogens with one attached hydrogen (secondary N) is 1. The standard InChI is InChI=1S/C14H27N7O/c1-9(22)11(6-2-3-7-15)19-8-4-5-10-12(16)20-14(18)21-13(10)17/h11,19H,2-8,15H2,1H3,(H6,16,17,18,20,21)/t11-/m0/s1. The van der Waals surface area contributed by atoms with Gasteiger partial charge < -0.3 is 28.3 Å². The van der Waals surface area contributed by atoms with Gasteiger partial charge in [-0.05, 0) is 45.7 Å². The van der Waals surface area contributed by atoms with E-state index in [1.807, 2.05) is 0 Å². The molecule has 0 saturated heterocycles. The molecule has 0 unspecified atom stereocenters. The Labute approximate surface area is 131 Å². The van der Waals surface area contributed by atoms with E-state index in [1.54, 1.807) is 6.92 Å². The SMILES string of the molecule is CC(=O)[C@H](CCCCN)NCCCc1c(N)nc(N)nc1N. The molecule has 0 saturated carbocycles. The van der Waals surface area contributed by atoms with Crippen molar-refractivity contribution in [2.75, 3.05) is 30.3 Å². The number of carbonyl (C=O) groups excluding carboxylic acids is 1. The molecule has 8 nitrogen and oxygen atoms in total. The number of nitrogens with zero attached hydrogens (tertiary/aromatic N) is 2. The largest absolute Gasteiger partial charge is 0.383 e. The molecule has 0 spiro atoms. The summed E-state index contributed by atoms with van der Waals surface area (Å²) in [6.07, 6.45) is 4.10. The van der Waals surface area contributed by atoms with Crippen LogP contribution in [0.4, 0.5) is 17.6 Å². The Morgan fingerprint density at radius 1 is 1.14 bits per heavy atom. The fraction of sp³-hybridized carbons (Fsp3) is 0.643. The van der Waals surface area contributed by atoms with Crippen molar-refractivity contribution in [3.05, 3.63) is 5.56 Å². The third kappa shape index (κ3) is 5.82. The van der Waals surface area contributed by atoms with Crippen LogP contribution in [0.3, 0.4) is 0 Å². The maximum atomic E-state index is 11.6. The average molecular weight is 309 g/mol. The van der Waals surface area contributed by atoms with Crippen molar-refractivity contribution in [1.29, 1.82) is 0 Å². The number of rotatable bonds is 10. The van der Waals surface area contributed by atoms with Gasteiger partial charge >= 0.3 is 0 Å². The topological polar surface area (TPSA) is 159 Å². The maximum absolute atomic E-state index is 11.6. The fourth-order valence-electron chi connectivity index (χ4n) is 2.28. The van der Waals surface area contributed by atoms with Gasteiger partial charge in [0.25, 0.3) is 0 Å². The highest BCUT2D eigenvalue weighted by Gasteiger charge is 2.13. The first-order valence-corrected chi connectivity index (χ1v) is 7.57. The minimum atomic E-state index is -0.121. The number of carbonyl (C=O) groups is 1. The number of Topliss-reactive ketones (excluding diaryl/α,β-unsaturated/α-hetero) is 1. The molecule has 1 rings (SSSR count). The molecule has 124 valence electrons. The van der Waals surface area contributed by atoms with Crippen molar-refractivity contribution in [1.82, 2.24) is 15.3 Å². The summed E-state index contributed by atoms with van der Waals surface area (Å²) < 4.78 is 0. The van der Waals surface area contributed by atoms with Crippen molar-refractivity contribution in [2.45, 2.75) is 45.1 Å². The summed E-state index contributed by atoms with van der Waals surface area (Å²) in [6, 6.07) is -0.121. The number of anilines is 3. The quantitative estimate of drug-likeness (QED) is 0.372. The van der Waals surface area contributed by atoms with Crippen LogP contribution in [0.1, 0.15) is 38.2 Å². The van der Waals surface area contributed by atoms with E-state index in [1.165, 1.54) is 0 Å². The number of nitrogens with two attached hydrogens (primary N) is 4. The number of hydrogen-bond acceptors (Lipinski definition) is 8. The zero-order valence-electron chi connectivity index (χ0n) is 13.1. The monoisotopic (exact) mass is 309 g/mol. The van der Waals surface area contributed by atoms with Crippen molar-refractivity contribution in [3.8, 4) is 0 Å². The Balaban J connectivity index is 2.41. The van der Waals surface area contributed by atoms with Crippen molar-refractivity contribution in [3.63, 3.8) is 0 Å². The Morgan fingerprint density at radius 3 is 2.32 bits per heavy atom. The van der Waals surface area contributed by atoms with E-state index in [9.17, 15) is 4.79 Å². The van der Waals surface area contributed by atoms with Crippen LogP contribution in [0.25, 0.3) is 0 Å². The normalized spacial score (nSPS) is 12.3. The first-order chi connectivity index (χ1) is 10.5.